The molecule has 0 bridgehead atoms. The van der Waals surface area contributed by atoms with Gasteiger partial charge in [-0.15, -0.1) is 21.5 Å². The van der Waals surface area contributed by atoms with Gasteiger partial charge >= 0.3 is 0 Å². The minimum Gasteiger partial charge on any atom is -0.486 e. The van der Waals surface area contributed by atoms with Gasteiger partial charge in [0, 0.05) is 11.9 Å². The molecular formula is C24H27N5O2S2. The lowest BCUT2D eigenvalue weighted by Crippen LogP contribution is -2.14. The van der Waals surface area contributed by atoms with Crippen molar-refractivity contribution < 1.29 is 9.53 Å². The maximum absolute atomic E-state index is 12.6. The summed E-state index contributed by atoms with van der Waals surface area (Å²) in [5, 5.41) is 22.2. The molecule has 0 radical (unpaired) electrons. The zero-order chi connectivity index (χ0) is 23.4. The number of ether oxygens (including phenoxy) is 1. The number of aromatic nitrogens is 3. The summed E-state index contributed by atoms with van der Waals surface area (Å²) in [5.74, 6) is 1.98. The SMILES string of the molecule is CC(C)c1ccc(OCc2nnc(SCC(=O)Nc3sc4c(c3C#N)CCCC4)n2C)cc1. The molecule has 172 valence electrons. The number of thioether (sulfide) groups is 1. The van der Waals surface area contributed by atoms with E-state index in [1.54, 1.807) is 0 Å². The molecule has 4 rings (SSSR count). The van der Waals surface area contributed by atoms with Gasteiger partial charge in [0.25, 0.3) is 0 Å². The molecule has 0 aliphatic heterocycles. The third kappa shape index (κ3) is 5.40. The second kappa shape index (κ2) is 10.4. The third-order valence-corrected chi connectivity index (χ3v) is 7.94. The molecule has 2 heterocycles. The fourth-order valence-electron chi connectivity index (χ4n) is 3.76. The highest BCUT2D eigenvalue weighted by Crippen LogP contribution is 2.37. The number of carbonyl (C=O) groups is 1. The number of benzene rings is 1. The number of nitrogens with zero attached hydrogens (tertiary/aromatic N) is 4. The summed E-state index contributed by atoms with van der Waals surface area (Å²) in [4.78, 5) is 13.8. The lowest BCUT2D eigenvalue weighted by atomic mass is 9.96. The average Bonchev–Trinajstić information content (AvgIpc) is 3.35. The lowest BCUT2D eigenvalue weighted by molar-refractivity contribution is -0.113. The number of hydrogen-bond donors (Lipinski definition) is 1. The lowest BCUT2D eigenvalue weighted by Gasteiger charge is -2.09. The zero-order valence-electron chi connectivity index (χ0n) is 19.1. The van der Waals surface area contributed by atoms with E-state index < -0.39 is 0 Å². The van der Waals surface area contributed by atoms with E-state index in [1.807, 2.05) is 23.7 Å². The van der Waals surface area contributed by atoms with Gasteiger partial charge in [0.1, 0.15) is 23.4 Å². The number of thiophene rings is 1. The summed E-state index contributed by atoms with van der Waals surface area (Å²) in [5.41, 5.74) is 3.02. The molecule has 0 atom stereocenters. The van der Waals surface area contributed by atoms with Crippen molar-refractivity contribution in [3.63, 3.8) is 0 Å². The Morgan fingerprint density at radius 3 is 2.76 bits per heavy atom. The van der Waals surface area contributed by atoms with Crippen LogP contribution in [-0.2, 0) is 31.3 Å². The van der Waals surface area contributed by atoms with E-state index in [4.69, 9.17) is 4.74 Å². The standard InChI is InChI=1S/C24H27N5O2S2/c1-15(2)16-8-10-17(11-9-16)31-13-21-27-28-24(29(21)3)32-14-22(30)26-23-19(12-25)18-6-4-5-7-20(18)33-23/h8-11,15H,4-7,13-14H2,1-3H3,(H,26,30). The average molecular weight is 482 g/mol. The van der Waals surface area contributed by atoms with Crippen molar-refractivity contribution in [3.8, 4) is 11.8 Å². The Balaban J connectivity index is 1.32. The molecule has 0 unspecified atom stereocenters. The van der Waals surface area contributed by atoms with Gasteiger partial charge in [-0.2, -0.15) is 5.26 Å². The van der Waals surface area contributed by atoms with Gasteiger partial charge in [-0.25, -0.2) is 0 Å². The molecular weight excluding hydrogens is 454 g/mol. The first-order valence-electron chi connectivity index (χ1n) is 11.0. The van der Waals surface area contributed by atoms with Gasteiger partial charge in [0.2, 0.25) is 5.91 Å². The number of amides is 1. The van der Waals surface area contributed by atoms with Crippen molar-refractivity contribution in [2.45, 2.75) is 57.2 Å². The quantitative estimate of drug-likeness (QED) is 0.452. The molecule has 1 N–H and O–H groups in total. The topological polar surface area (TPSA) is 92.8 Å². The highest BCUT2D eigenvalue weighted by molar-refractivity contribution is 7.99. The molecule has 0 saturated carbocycles. The van der Waals surface area contributed by atoms with Crippen molar-refractivity contribution in [3.05, 3.63) is 51.7 Å². The number of nitriles is 1. The normalized spacial score (nSPS) is 12.9. The van der Waals surface area contributed by atoms with Crippen LogP contribution in [0.1, 0.15) is 60.0 Å². The molecule has 1 aliphatic carbocycles. The number of fused-ring (bicyclic) bond motifs is 1. The predicted octanol–water partition coefficient (Wildman–Crippen LogP) is 5.06. The van der Waals surface area contributed by atoms with Crippen LogP contribution < -0.4 is 10.1 Å². The van der Waals surface area contributed by atoms with E-state index in [-0.39, 0.29) is 11.7 Å². The maximum Gasteiger partial charge on any atom is 0.235 e. The summed E-state index contributed by atoms with van der Waals surface area (Å²) < 4.78 is 7.69. The Kier molecular flexibility index (Phi) is 7.36. The van der Waals surface area contributed by atoms with E-state index in [0.717, 1.165) is 37.0 Å². The van der Waals surface area contributed by atoms with Crippen LogP contribution in [0.4, 0.5) is 5.00 Å². The van der Waals surface area contributed by atoms with Crippen LogP contribution >= 0.6 is 23.1 Å². The number of carbonyl (C=O) groups excluding carboxylic acids is 1. The molecule has 33 heavy (non-hydrogen) atoms. The van der Waals surface area contributed by atoms with Gasteiger partial charge in [-0.3, -0.25) is 4.79 Å². The maximum atomic E-state index is 12.6. The Morgan fingerprint density at radius 1 is 1.27 bits per heavy atom. The fraction of sp³-hybridized carbons (Fsp3) is 0.417. The number of hydrogen-bond acceptors (Lipinski definition) is 7. The van der Waals surface area contributed by atoms with Gasteiger partial charge in [-0.1, -0.05) is 37.7 Å². The largest absolute Gasteiger partial charge is 0.486 e. The first-order valence-corrected chi connectivity index (χ1v) is 12.8. The second-order valence-corrected chi connectivity index (χ2v) is 10.4. The Hall–Kier alpha value is -2.83. The molecule has 0 saturated heterocycles. The van der Waals surface area contributed by atoms with Crippen molar-refractivity contribution in [2.24, 2.45) is 7.05 Å². The van der Waals surface area contributed by atoms with Crippen molar-refractivity contribution in [2.75, 3.05) is 11.1 Å². The van der Waals surface area contributed by atoms with Crippen molar-refractivity contribution in [1.29, 1.82) is 5.26 Å². The molecule has 1 amide bonds. The van der Waals surface area contributed by atoms with Crippen LogP contribution in [0.25, 0.3) is 0 Å². The second-order valence-electron chi connectivity index (χ2n) is 8.33. The minimum absolute atomic E-state index is 0.152. The smallest absolute Gasteiger partial charge is 0.235 e. The van der Waals surface area contributed by atoms with Crippen LogP contribution in [0.15, 0.2) is 29.4 Å². The number of aryl methyl sites for hydroxylation is 1. The zero-order valence-corrected chi connectivity index (χ0v) is 20.7. The van der Waals surface area contributed by atoms with Crippen molar-refractivity contribution >= 4 is 34.0 Å². The van der Waals surface area contributed by atoms with E-state index in [9.17, 15) is 10.1 Å². The highest BCUT2D eigenvalue weighted by atomic mass is 32.2. The summed E-state index contributed by atoms with van der Waals surface area (Å²) in [6.45, 7) is 4.61. The molecule has 9 heteroatoms. The number of rotatable bonds is 8. The Labute approximate surface area is 202 Å². The van der Waals surface area contributed by atoms with Crippen LogP contribution in [0.3, 0.4) is 0 Å². The van der Waals surface area contributed by atoms with Crippen LogP contribution in [0.5, 0.6) is 5.75 Å². The van der Waals surface area contributed by atoms with E-state index in [1.165, 1.54) is 33.5 Å². The van der Waals surface area contributed by atoms with Crippen molar-refractivity contribution in [1.82, 2.24) is 14.8 Å². The third-order valence-electron chi connectivity index (χ3n) is 5.71. The van der Waals surface area contributed by atoms with Crippen LogP contribution in [-0.4, -0.2) is 26.4 Å². The van der Waals surface area contributed by atoms with Gasteiger partial charge in [0.05, 0.1) is 11.3 Å². The summed E-state index contributed by atoms with van der Waals surface area (Å²) >= 11 is 2.85. The minimum atomic E-state index is -0.152. The van der Waals surface area contributed by atoms with Crippen LogP contribution in [0.2, 0.25) is 0 Å². The highest BCUT2D eigenvalue weighted by Gasteiger charge is 2.22. The molecule has 3 aromatic rings. The number of nitrogens with one attached hydrogen (secondary N) is 1. The fourth-order valence-corrected chi connectivity index (χ4v) is 5.74. The molecule has 2 aromatic heterocycles. The summed E-state index contributed by atoms with van der Waals surface area (Å²) in [7, 11) is 1.86. The predicted molar refractivity (Wildman–Crippen MR) is 131 cm³/mol. The van der Waals surface area contributed by atoms with Gasteiger partial charge < -0.3 is 14.6 Å². The Bertz CT molecular complexity index is 1170. The summed E-state index contributed by atoms with van der Waals surface area (Å²) in [6.07, 6.45) is 4.15. The molecule has 1 aliphatic rings. The van der Waals surface area contributed by atoms with E-state index in [2.05, 4.69) is 47.6 Å². The molecule has 0 fully saturated rings. The van der Waals surface area contributed by atoms with Crippen LogP contribution in [0, 0.1) is 11.3 Å². The monoisotopic (exact) mass is 481 g/mol. The first-order chi connectivity index (χ1) is 16.0. The van der Waals surface area contributed by atoms with E-state index in [0.29, 0.717) is 34.1 Å². The van der Waals surface area contributed by atoms with Gasteiger partial charge in [-0.05, 0) is 54.9 Å². The van der Waals surface area contributed by atoms with E-state index >= 15 is 0 Å². The molecule has 7 nitrogen and oxygen atoms in total. The first kappa shape index (κ1) is 23.3. The summed E-state index contributed by atoms with van der Waals surface area (Å²) in [6, 6.07) is 10.3. The molecule has 0 spiro atoms. The number of anilines is 1. The van der Waals surface area contributed by atoms with Gasteiger partial charge in [0.15, 0.2) is 11.0 Å². The Morgan fingerprint density at radius 2 is 2.03 bits per heavy atom. The molecule has 1 aromatic carbocycles.